The third-order valence-electron chi connectivity index (χ3n) is 5.13. The molecule has 1 aliphatic carbocycles. The molecule has 1 fully saturated rings. The maximum absolute atomic E-state index is 13.3. The molecule has 0 radical (unpaired) electrons. The molecule has 2 aliphatic rings. The number of halogens is 3. The van der Waals surface area contributed by atoms with E-state index in [0.29, 0.717) is 0 Å². The molecule has 2 aromatic rings. The van der Waals surface area contributed by atoms with Gasteiger partial charge in [-0.2, -0.15) is 0 Å². The fourth-order valence-electron chi connectivity index (χ4n) is 3.69. The predicted molar refractivity (Wildman–Crippen MR) is 116 cm³/mol. The molecule has 2 heterocycles. The number of carbonyl (C=O) groups excluding carboxylic acids is 1. The van der Waals surface area contributed by atoms with E-state index in [1.807, 2.05) is 6.92 Å². The first kappa shape index (κ1) is 22.1. The zero-order valence-corrected chi connectivity index (χ0v) is 18.9. The van der Waals surface area contributed by atoms with Crippen molar-refractivity contribution < 1.29 is 23.0 Å². The van der Waals surface area contributed by atoms with Gasteiger partial charge in [0.05, 0.1) is 16.8 Å². The Labute approximate surface area is 187 Å². The van der Waals surface area contributed by atoms with Gasteiger partial charge in [-0.25, -0.2) is 13.6 Å². The van der Waals surface area contributed by atoms with Gasteiger partial charge in [0, 0.05) is 21.8 Å². The van der Waals surface area contributed by atoms with E-state index < -0.39 is 19.0 Å². The number of pyridine rings is 1. The molecule has 166 valence electrons. The van der Waals surface area contributed by atoms with Crippen molar-refractivity contribution in [2.45, 2.75) is 62.3 Å². The topological polar surface area (TPSA) is 57.5 Å². The van der Waals surface area contributed by atoms with Gasteiger partial charge in [0.25, 0.3) is 12.0 Å². The number of benzene rings is 1. The first-order chi connectivity index (χ1) is 14.7. The van der Waals surface area contributed by atoms with Gasteiger partial charge < -0.3 is 14.0 Å². The lowest BCUT2D eigenvalue weighted by Gasteiger charge is -2.29. The molecule has 0 spiro atoms. The summed E-state index contributed by atoms with van der Waals surface area (Å²) in [7, 11) is 0. The minimum absolute atomic E-state index is 0.00438. The van der Waals surface area contributed by atoms with E-state index >= 15 is 0 Å². The van der Waals surface area contributed by atoms with Crippen LogP contribution in [-0.2, 0) is 4.74 Å². The first-order valence-corrected chi connectivity index (χ1v) is 11.3. The fraction of sp³-hybridized carbons (Fsp3) is 0.455. The highest BCUT2D eigenvalue weighted by Crippen LogP contribution is 2.52. The molecular weight excluding hydrogens is 448 g/mol. The average Bonchev–Trinajstić information content (AvgIpc) is 3.51. The van der Waals surface area contributed by atoms with Gasteiger partial charge in [-0.1, -0.05) is 11.6 Å². The highest BCUT2D eigenvalue weighted by atomic mass is 35.5. The summed E-state index contributed by atoms with van der Waals surface area (Å²) in [5, 5.41) is 0.112. The maximum Gasteiger partial charge on any atom is 0.344 e. The second-order valence-corrected chi connectivity index (χ2v) is 9.75. The Morgan fingerprint density at radius 2 is 2.00 bits per heavy atom. The number of fused-ring (bicyclic) bond motifs is 3. The Balaban J connectivity index is 1.88. The summed E-state index contributed by atoms with van der Waals surface area (Å²) in [4.78, 5) is 26.7. The Morgan fingerprint density at radius 3 is 2.61 bits per heavy atom. The van der Waals surface area contributed by atoms with E-state index in [1.54, 1.807) is 36.6 Å². The number of aromatic nitrogens is 1. The van der Waals surface area contributed by atoms with Crippen LogP contribution in [-0.4, -0.2) is 29.7 Å². The van der Waals surface area contributed by atoms with Crippen LogP contribution in [0.25, 0.3) is 11.3 Å². The fourth-order valence-corrected chi connectivity index (χ4v) is 5.05. The molecule has 9 heteroatoms. The van der Waals surface area contributed by atoms with Crippen LogP contribution < -0.4 is 10.3 Å². The zero-order chi connectivity index (χ0) is 22.4. The van der Waals surface area contributed by atoms with Gasteiger partial charge in [0.1, 0.15) is 17.9 Å². The van der Waals surface area contributed by atoms with Crippen LogP contribution in [0.2, 0.25) is 5.02 Å². The average molecular weight is 470 g/mol. The van der Waals surface area contributed by atoms with Crippen molar-refractivity contribution >= 4 is 29.3 Å². The maximum atomic E-state index is 13.3. The van der Waals surface area contributed by atoms with Gasteiger partial charge in [-0.3, -0.25) is 4.79 Å². The molecule has 1 aromatic carbocycles. The number of rotatable bonds is 6. The van der Waals surface area contributed by atoms with Gasteiger partial charge in [-0.05, 0) is 57.4 Å². The first-order valence-electron chi connectivity index (χ1n) is 10.1. The summed E-state index contributed by atoms with van der Waals surface area (Å²) in [6.45, 7) is 4.70. The number of thioether (sulfide) groups is 1. The SMILES string of the molecule is CC(C)OC(=O)c1cc2c(n(C3CC3)c1=O)-c1cc(Cl)c(OCC(F)F)cc1SC2C. The number of ether oxygens (including phenoxy) is 2. The van der Waals surface area contributed by atoms with Gasteiger partial charge in [0.15, 0.2) is 0 Å². The van der Waals surface area contributed by atoms with Gasteiger partial charge in [-0.15, -0.1) is 11.8 Å². The van der Waals surface area contributed by atoms with E-state index in [4.69, 9.17) is 21.1 Å². The lowest BCUT2D eigenvalue weighted by molar-refractivity contribution is 0.0375. The van der Waals surface area contributed by atoms with Crippen LogP contribution in [0, 0.1) is 0 Å². The van der Waals surface area contributed by atoms with Crippen molar-refractivity contribution in [3.05, 3.63) is 44.7 Å². The van der Waals surface area contributed by atoms with Crippen LogP contribution in [0.4, 0.5) is 8.78 Å². The smallest absolute Gasteiger partial charge is 0.344 e. The molecule has 0 bridgehead atoms. The highest BCUT2D eigenvalue weighted by Gasteiger charge is 2.36. The predicted octanol–water partition coefficient (Wildman–Crippen LogP) is 5.88. The molecule has 1 atom stereocenters. The van der Waals surface area contributed by atoms with Crippen molar-refractivity contribution in [3.8, 4) is 17.0 Å². The summed E-state index contributed by atoms with van der Waals surface area (Å²) >= 11 is 7.83. The number of nitrogens with zero attached hydrogens (tertiary/aromatic N) is 1. The normalized spacial score (nSPS) is 17.5. The Kier molecular flexibility index (Phi) is 6.05. The monoisotopic (exact) mass is 469 g/mol. The van der Waals surface area contributed by atoms with Crippen LogP contribution in [0.1, 0.15) is 60.8 Å². The Morgan fingerprint density at radius 1 is 1.29 bits per heavy atom. The quantitative estimate of drug-likeness (QED) is 0.494. The lowest BCUT2D eigenvalue weighted by atomic mass is 9.99. The second-order valence-electron chi connectivity index (χ2n) is 7.96. The molecule has 0 saturated heterocycles. The van der Waals surface area contributed by atoms with E-state index in [2.05, 4.69) is 0 Å². The van der Waals surface area contributed by atoms with Crippen molar-refractivity contribution in [2.24, 2.45) is 0 Å². The third-order valence-corrected chi connectivity index (χ3v) is 6.63. The van der Waals surface area contributed by atoms with Crippen molar-refractivity contribution in [1.29, 1.82) is 0 Å². The van der Waals surface area contributed by atoms with Crippen molar-refractivity contribution in [1.82, 2.24) is 4.57 Å². The molecule has 1 aliphatic heterocycles. The summed E-state index contributed by atoms with van der Waals surface area (Å²) in [5.74, 6) is -0.449. The summed E-state index contributed by atoms with van der Waals surface area (Å²) in [5.41, 5.74) is 1.94. The number of carbonyl (C=O) groups is 1. The van der Waals surface area contributed by atoms with Crippen LogP contribution >= 0.6 is 23.4 Å². The molecule has 5 nitrogen and oxygen atoms in total. The molecule has 1 saturated carbocycles. The number of hydrogen-bond acceptors (Lipinski definition) is 5. The molecule has 4 rings (SSSR count). The molecule has 0 amide bonds. The second kappa shape index (κ2) is 8.47. The molecule has 31 heavy (non-hydrogen) atoms. The van der Waals surface area contributed by atoms with Gasteiger partial charge in [0.2, 0.25) is 0 Å². The summed E-state index contributed by atoms with van der Waals surface area (Å²) in [6.07, 6.45) is -1.26. The zero-order valence-electron chi connectivity index (χ0n) is 17.3. The largest absolute Gasteiger partial charge is 0.486 e. The number of esters is 1. The lowest BCUT2D eigenvalue weighted by Crippen LogP contribution is -2.31. The minimum Gasteiger partial charge on any atom is -0.486 e. The van der Waals surface area contributed by atoms with Crippen molar-refractivity contribution in [2.75, 3.05) is 6.61 Å². The highest BCUT2D eigenvalue weighted by molar-refractivity contribution is 7.99. The third kappa shape index (κ3) is 4.32. The Bertz CT molecular complexity index is 1100. The van der Waals surface area contributed by atoms with E-state index in [0.717, 1.165) is 34.6 Å². The molecular formula is C22H22ClF2NO4S. The minimum atomic E-state index is -2.61. The van der Waals surface area contributed by atoms with Gasteiger partial charge >= 0.3 is 5.97 Å². The van der Waals surface area contributed by atoms with Crippen LogP contribution in [0.5, 0.6) is 5.75 Å². The summed E-state index contributed by atoms with van der Waals surface area (Å²) < 4.78 is 37.3. The van der Waals surface area contributed by atoms with Crippen LogP contribution in [0.15, 0.2) is 27.9 Å². The molecule has 1 unspecified atom stereocenters. The number of alkyl halides is 2. The van der Waals surface area contributed by atoms with E-state index in [-0.39, 0.29) is 39.3 Å². The summed E-state index contributed by atoms with van der Waals surface area (Å²) in [6, 6.07) is 4.92. The molecule has 0 N–H and O–H groups in total. The van der Waals surface area contributed by atoms with Crippen LogP contribution in [0.3, 0.4) is 0 Å². The van der Waals surface area contributed by atoms with Crippen molar-refractivity contribution in [3.63, 3.8) is 0 Å². The molecule has 1 aromatic heterocycles. The number of hydrogen-bond donors (Lipinski definition) is 0. The standard InChI is InChI=1S/C22H22ClF2NO4S/c1-10(2)30-22(28)15-6-13-11(3)31-18-8-17(29-9-19(24)25)16(23)7-14(18)20(13)26(21(15)27)12-4-5-12/h6-8,10-12,19H,4-5,9H2,1-3H3. The van der Waals surface area contributed by atoms with E-state index in [1.165, 1.54) is 11.8 Å². The Hall–Kier alpha value is -2.06. The van der Waals surface area contributed by atoms with E-state index in [9.17, 15) is 18.4 Å².